The van der Waals surface area contributed by atoms with Crippen molar-refractivity contribution < 1.29 is 4.79 Å². The molecule has 1 heterocycles. The lowest BCUT2D eigenvalue weighted by molar-refractivity contribution is -0.121. The molecule has 1 aromatic heterocycles. The smallest absolute Gasteiger partial charge is 0.141 e. The maximum Gasteiger partial charge on any atom is 0.141 e. The van der Waals surface area contributed by atoms with E-state index in [1.54, 1.807) is 6.20 Å². The van der Waals surface area contributed by atoms with Crippen LogP contribution in [0.1, 0.15) is 26.0 Å². The zero-order chi connectivity index (χ0) is 10.6. The molecule has 0 saturated carbocycles. The molecule has 14 heavy (non-hydrogen) atoms. The van der Waals surface area contributed by atoms with Gasteiger partial charge in [-0.05, 0) is 34.5 Å². The van der Waals surface area contributed by atoms with Gasteiger partial charge in [0, 0.05) is 28.7 Å². The molecule has 0 aliphatic carbocycles. The number of nitrogens with zero attached hydrogens (tertiary/aromatic N) is 1. The minimum Gasteiger partial charge on any atom is -0.299 e. The maximum atomic E-state index is 11.6. The number of pyridine rings is 1. The van der Waals surface area contributed by atoms with Gasteiger partial charge >= 0.3 is 0 Å². The van der Waals surface area contributed by atoms with Crippen molar-refractivity contribution in [2.45, 2.75) is 26.7 Å². The van der Waals surface area contributed by atoms with Gasteiger partial charge in [0.25, 0.3) is 0 Å². The summed E-state index contributed by atoms with van der Waals surface area (Å²) in [6.45, 7) is 3.98. The molecule has 0 radical (unpaired) electrons. The van der Waals surface area contributed by atoms with Crippen LogP contribution in [0.4, 0.5) is 0 Å². The minimum atomic E-state index is 0.139. The van der Waals surface area contributed by atoms with Gasteiger partial charge < -0.3 is 0 Å². The van der Waals surface area contributed by atoms with Crippen LogP contribution in [0, 0.1) is 5.92 Å². The summed E-state index contributed by atoms with van der Waals surface area (Å²) in [6.07, 6.45) is 3.07. The second kappa shape index (κ2) is 5.25. The molecule has 0 aliphatic heterocycles. The second-order valence-corrected chi connectivity index (χ2v) is 4.34. The van der Waals surface area contributed by atoms with E-state index in [-0.39, 0.29) is 11.7 Å². The first kappa shape index (κ1) is 11.4. The van der Waals surface area contributed by atoms with Gasteiger partial charge in [0.2, 0.25) is 0 Å². The molecule has 3 heteroatoms. The summed E-state index contributed by atoms with van der Waals surface area (Å²) in [6, 6.07) is 3.79. The Kier molecular flexibility index (Phi) is 4.26. The molecule has 0 N–H and O–H groups in total. The fourth-order valence-corrected chi connectivity index (χ4v) is 1.33. The molecule has 1 aromatic rings. The average Bonchev–Trinajstić information content (AvgIpc) is 2.20. The molecule has 2 nitrogen and oxygen atoms in total. The number of Topliss-reactive ketones (excluding diaryl/α,β-unsaturated/α-hetero) is 1. The molecule has 0 spiro atoms. The van der Waals surface area contributed by atoms with E-state index in [1.165, 1.54) is 0 Å². The first-order valence-corrected chi connectivity index (χ1v) is 5.56. The van der Waals surface area contributed by atoms with Crippen LogP contribution in [0.5, 0.6) is 0 Å². The van der Waals surface area contributed by atoms with Crippen LogP contribution in [0.25, 0.3) is 0 Å². The van der Waals surface area contributed by atoms with Crippen molar-refractivity contribution in [3.8, 4) is 0 Å². The molecule has 0 bridgehead atoms. The van der Waals surface area contributed by atoms with Crippen molar-refractivity contribution >= 4 is 21.7 Å². The van der Waals surface area contributed by atoms with Gasteiger partial charge in [-0.1, -0.05) is 13.8 Å². The minimum absolute atomic E-state index is 0.139. The fraction of sp³-hybridized carbons (Fsp3) is 0.455. The Bertz CT molecular complexity index is 308. The predicted octanol–water partition coefficient (Wildman–Crippen LogP) is 3.00. The first-order valence-electron chi connectivity index (χ1n) is 4.76. The molecule has 76 valence electrons. The lowest BCUT2D eigenvalue weighted by Gasteiger charge is -2.06. The largest absolute Gasteiger partial charge is 0.299 e. The van der Waals surface area contributed by atoms with Crippen molar-refractivity contribution in [1.82, 2.24) is 4.98 Å². The van der Waals surface area contributed by atoms with Crippen LogP contribution < -0.4 is 0 Å². The summed E-state index contributed by atoms with van der Waals surface area (Å²) in [5, 5.41) is 0. The number of carbonyl (C=O) groups excluding carboxylic acids is 1. The maximum absolute atomic E-state index is 11.6. The third kappa shape index (κ3) is 3.22. The van der Waals surface area contributed by atoms with Crippen LogP contribution in [-0.2, 0) is 11.2 Å². The van der Waals surface area contributed by atoms with Crippen molar-refractivity contribution in [3.05, 3.63) is 28.5 Å². The topological polar surface area (TPSA) is 30.0 Å². The molecule has 1 unspecified atom stereocenters. The quantitative estimate of drug-likeness (QED) is 0.828. The Labute approximate surface area is 92.9 Å². The van der Waals surface area contributed by atoms with E-state index < -0.39 is 0 Å². The highest BCUT2D eigenvalue weighted by molar-refractivity contribution is 9.10. The molecular weight excluding hydrogens is 242 g/mol. The molecule has 0 aliphatic rings. The third-order valence-corrected chi connectivity index (χ3v) is 2.78. The SMILES string of the molecule is CCC(C)C(=O)Cc1ccc(Br)cn1. The van der Waals surface area contributed by atoms with Gasteiger partial charge in [0.05, 0.1) is 0 Å². The summed E-state index contributed by atoms with van der Waals surface area (Å²) in [5.41, 5.74) is 0.846. The highest BCUT2D eigenvalue weighted by atomic mass is 79.9. The number of hydrogen-bond donors (Lipinski definition) is 0. The van der Waals surface area contributed by atoms with Crippen LogP contribution >= 0.6 is 15.9 Å². The monoisotopic (exact) mass is 255 g/mol. The number of aromatic nitrogens is 1. The van der Waals surface area contributed by atoms with Gasteiger partial charge in [-0.3, -0.25) is 9.78 Å². The average molecular weight is 256 g/mol. The molecule has 0 aromatic carbocycles. The number of carbonyl (C=O) groups is 1. The van der Waals surface area contributed by atoms with E-state index in [9.17, 15) is 4.79 Å². The van der Waals surface area contributed by atoms with Crippen LogP contribution in [0.2, 0.25) is 0 Å². The Morgan fingerprint density at radius 3 is 2.79 bits per heavy atom. The molecule has 0 fully saturated rings. The highest BCUT2D eigenvalue weighted by Gasteiger charge is 2.11. The third-order valence-electron chi connectivity index (χ3n) is 2.31. The summed E-state index contributed by atoms with van der Waals surface area (Å²) in [4.78, 5) is 15.7. The zero-order valence-corrected chi connectivity index (χ0v) is 10.0. The summed E-state index contributed by atoms with van der Waals surface area (Å²) in [7, 11) is 0. The lowest BCUT2D eigenvalue weighted by Crippen LogP contribution is -2.13. The van der Waals surface area contributed by atoms with E-state index in [0.29, 0.717) is 6.42 Å². The number of ketones is 1. The normalized spacial score (nSPS) is 12.5. The summed E-state index contributed by atoms with van der Waals surface area (Å²) < 4.78 is 0.942. The van der Waals surface area contributed by atoms with Gasteiger partial charge in [0.1, 0.15) is 5.78 Å². The fourth-order valence-electron chi connectivity index (χ4n) is 1.09. The standard InChI is InChI=1S/C11H14BrNO/c1-3-8(2)11(14)6-10-5-4-9(12)7-13-10/h4-5,7-8H,3,6H2,1-2H3. The van der Waals surface area contributed by atoms with Crippen LogP contribution in [-0.4, -0.2) is 10.8 Å². The lowest BCUT2D eigenvalue weighted by atomic mass is 10.00. The van der Waals surface area contributed by atoms with E-state index >= 15 is 0 Å². The van der Waals surface area contributed by atoms with Crippen molar-refractivity contribution in [2.24, 2.45) is 5.92 Å². The first-order chi connectivity index (χ1) is 6.63. The Morgan fingerprint density at radius 1 is 1.57 bits per heavy atom. The summed E-state index contributed by atoms with van der Waals surface area (Å²) >= 11 is 3.31. The van der Waals surface area contributed by atoms with E-state index in [4.69, 9.17) is 0 Å². The summed E-state index contributed by atoms with van der Waals surface area (Å²) in [5.74, 6) is 0.405. The number of rotatable bonds is 4. The zero-order valence-electron chi connectivity index (χ0n) is 8.46. The number of hydrogen-bond acceptors (Lipinski definition) is 2. The van der Waals surface area contributed by atoms with E-state index in [0.717, 1.165) is 16.6 Å². The molecular formula is C11H14BrNO. The van der Waals surface area contributed by atoms with E-state index in [1.807, 2.05) is 26.0 Å². The molecule has 0 amide bonds. The van der Waals surface area contributed by atoms with E-state index in [2.05, 4.69) is 20.9 Å². The second-order valence-electron chi connectivity index (χ2n) is 3.42. The predicted molar refractivity (Wildman–Crippen MR) is 60.1 cm³/mol. The Balaban J connectivity index is 2.60. The van der Waals surface area contributed by atoms with Gasteiger partial charge in [0.15, 0.2) is 0 Å². The van der Waals surface area contributed by atoms with Crippen molar-refractivity contribution in [2.75, 3.05) is 0 Å². The van der Waals surface area contributed by atoms with Crippen molar-refractivity contribution in [1.29, 1.82) is 0 Å². The van der Waals surface area contributed by atoms with Gasteiger partial charge in [-0.25, -0.2) is 0 Å². The number of halogens is 1. The Morgan fingerprint density at radius 2 is 2.29 bits per heavy atom. The highest BCUT2D eigenvalue weighted by Crippen LogP contribution is 2.10. The van der Waals surface area contributed by atoms with Crippen molar-refractivity contribution in [3.63, 3.8) is 0 Å². The van der Waals surface area contributed by atoms with Gasteiger partial charge in [-0.2, -0.15) is 0 Å². The molecule has 1 atom stereocenters. The molecule has 0 saturated heterocycles. The Hall–Kier alpha value is -0.700. The van der Waals surface area contributed by atoms with Crippen LogP contribution in [0.3, 0.4) is 0 Å². The van der Waals surface area contributed by atoms with Crippen LogP contribution in [0.15, 0.2) is 22.8 Å². The molecule has 1 rings (SSSR count). The van der Waals surface area contributed by atoms with Gasteiger partial charge in [-0.15, -0.1) is 0 Å².